The fraction of sp³-hybridized carbons (Fsp3) is 0.478. The highest BCUT2D eigenvalue weighted by atomic mass is 19.4. The van der Waals surface area contributed by atoms with Gasteiger partial charge in [0.15, 0.2) is 17.2 Å². The van der Waals surface area contributed by atoms with E-state index in [-0.39, 0.29) is 41.7 Å². The molecule has 0 saturated heterocycles. The van der Waals surface area contributed by atoms with E-state index in [4.69, 9.17) is 9.47 Å². The van der Waals surface area contributed by atoms with Crippen molar-refractivity contribution in [2.24, 2.45) is 17.8 Å². The molecule has 3 unspecified atom stereocenters. The topological polar surface area (TPSA) is 80.7 Å². The Hall–Kier alpha value is -2.81. The Morgan fingerprint density at radius 2 is 2.06 bits per heavy atom. The van der Waals surface area contributed by atoms with E-state index in [0.717, 1.165) is 31.4 Å². The lowest BCUT2D eigenvalue weighted by Crippen LogP contribution is -2.42. The van der Waals surface area contributed by atoms with Gasteiger partial charge in [-0.3, -0.25) is 4.79 Å². The minimum Gasteiger partial charge on any atom is -0.503 e. The number of amides is 1. The summed E-state index contributed by atoms with van der Waals surface area (Å²) in [5, 5.41) is 13.2. The second-order valence-electron chi connectivity index (χ2n) is 8.50. The summed E-state index contributed by atoms with van der Waals surface area (Å²) in [6, 6.07) is 6.57. The average molecular weight is 450 g/mol. The largest absolute Gasteiger partial charge is 0.503 e. The first kappa shape index (κ1) is 22.4. The highest BCUT2D eigenvalue weighted by Crippen LogP contribution is 2.48. The van der Waals surface area contributed by atoms with Crippen molar-refractivity contribution in [2.75, 3.05) is 13.7 Å². The highest BCUT2D eigenvalue weighted by molar-refractivity contribution is 5.95. The van der Waals surface area contributed by atoms with Gasteiger partial charge in [-0.15, -0.1) is 0 Å². The number of carbonyl (C=O) groups is 1. The maximum Gasteiger partial charge on any atom is 0.416 e. The van der Waals surface area contributed by atoms with Crippen LogP contribution in [-0.4, -0.2) is 35.8 Å². The quantitative estimate of drug-likeness (QED) is 0.662. The van der Waals surface area contributed by atoms with Crippen molar-refractivity contribution >= 4 is 5.91 Å². The number of carbonyl (C=O) groups excluding carboxylic acids is 1. The molecule has 2 aromatic rings. The molecule has 4 rings (SSSR count). The van der Waals surface area contributed by atoms with Crippen LogP contribution in [0.15, 0.2) is 36.5 Å². The maximum absolute atomic E-state index is 12.9. The van der Waals surface area contributed by atoms with Gasteiger partial charge in [0.2, 0.25) is 0 Å². The van der Waals surface area contributed by atoms with Crippen molar-refractivity contribution in [3.63, 3.8) is 0 Å². The van der Waals surface area contributed by atoms with E-state index < -0.39 is 17.6 Å². The first-order chi connectivity index (χ1) is 15.3. The summed E-state index contributed by atoms with van der Waals surface area (Å²) < 4.78 is 49.4. The van der Waals surface area contributed by atoms with Gasteiger partial charge in [0.05, 0.1) is 25.9 Å². The summed E-state index contributed by atoms with van der Waals surface area (Å²) in [7, 11) is 1.40. The number of rotatable bonds is 7. The number of fused-ring (bicyclic) bond motifs is 2. The molecule has 2 aliphatic carbocycles. The summed E-state index contributed by atoms with van der Waals surface area (Å²) in [4.78, 5) is 16.6. The van der Waals surface area contributed by atoms with Crippen LogP contribution >= 0.6 is 0 Å². The third kappa shape index (κ3) is 4.67. The smallest absolute Gasteiger partial charge is 0.416 e. The molecule has 2 fully saturated rings. The third-order valence-corrected chi connectivity index (χ3v) is 6.44. The fourth-order valence-electron chi connectivity index (χ4n) is 5.02. The minimum absolute atomic E-state index is 0.0594. The van der Waals surface area contributed by atoms with Crippen LogP contribution in [0.2, 0.25) is 0 Å². The van der Waals surface area contributed by atoms with Gasteiger partial charge >= 0.3 is 6.18 Å². The van der Waals surface area contributed by atoms with E-state index in [1.165, 1.54) is 25.4 Å². The van der Waals surface area contributed by atoms with Gasteiger partial charge in [-0.05, 0) is 54.7 Å². The molecular formula is C23H25F3N2O4. The van der Waals surface area contributed by atoms with Crippen molar-refractivity contribution in [3.8, 4) is 11.5 Å². The number of ether oxygens (including phenoxy) is 2. The molecule has 9 heteroatoms. The van der Waals surface area contributed by atoms with Crippen LogP contribution < -0.4 is 10.1 Å². The van der Waals surface area contributed by atoms with Crippen LogP contribution in [0.25, 0.3) is 0 Å². The van der Waals surface area contributed by atoms with E-state index in [2.05, 4.69) is 10.3 Å². The zero-order valence-corrected chi connectivity index (χ0v) is 17.6. The number of pyridine rings is 1. The molecule has 6 nitrogen and oxygen atoms in total. The number of hydrogen-bond acceptors (Lipinski definition) is 5. The summed E-state index contributed by atoms with van der Waals surface area (Å²) in [6.45, 7) is 0.531. The normalized spacial score (nSPS) is 24.5. The van der Waals surface area contributed by atoms with Gasteiger partial charge in [-0.2, -0.15) is 13.2 Å². The van der Waals surface area contributed by atoms with Crippen LogP contribution in [0, 0.1) is 17.8 Å². The molecule has 4 atom stereocenters. The van der Waals surface area contributed by atoms with E-state index >= 15 is 0 Å². The zero-order chi connectivity index (χ0) is 22.9. The second kappa shape index (κ2) is 8.97. The second-order valence-corrected chi connectivity index (χ2v) is 8.50. The van der Waals surface area contributed by atoms with Crippen LogP contribution in [0.5, 0.6) is 11.5 Å². The molecule has 1 aromatic heterocycles. The predicted octanol–water partition coefficient (Wildman–Crippen LogP) is 4.18. The molecule has 1 amide bonds. The van der Waals surface area contributed by atoms with Crippen molar-refractivity contribution in [1.82, 2.24) is 10.3 Å². The Morgan fingerprint density at radius 1 is 1.25 bits per heavy atom. The van der Waals surface area contributed by atoms with Crippen LogP contribution in [-0.2, 0) is 17.5 Å². The van der Waals surface area contributed by atoms with E-state index in [0.29, 0.717) is 18.1 Å². The standard InChI is InChI=1S/C23H25F3N2O4/c1-31-19-5-6-27-20(21(19)29)22(30)28-18-10-14-7-15(17(18)9-14)12-32-11-13-3-2-4-16(8-13)23(24,25)26/h2-6,8,14-15,17-18,29H,7,9-12H2,1H3,(H,28,30)/t14?,15-,17?,18?/m0/s1. The molecule has 1 aromatic carbocycles. The van der Waals surface area contributed by atoms with Crippen LogP contribution in [0.4, 0.5) is 13.2 Å². The molecule has 172 valence electrons. The van der Waals surface area contributed by atoms with Crippen molar-refractivity contribution in [1.29, 1.82) is 0 Å². The lowest BCUT2D eigenvalue weighted by molar-refractivity contribution is -0.137. The average Bonchev–Trinajstić information content (AvgIpc) is 3.33. The molecule has 32 heavy (non-hydrogen) atoms. The van der Waals surface area contributed by atoms with Crippen molar-refractivity contribution in [3.05, 3.63) is 53.3 Å². The fourth-order valence-corrected chi connectivity index (χ4v) is 5.02. The summed E-state index contributed by atoms with van der Waals surface area (Å²) in [6.07, 6.45) is -0.176. The maximum atomic E-state index is 12.9. The van der Waals surface area contributed by atoms with E-state index in [1.54, 1.807) is 6.07 Å². The number of nitrogens with zero attached hydrogens (tertiary/aromatic N) is 1. The summed E-state index contributed by atoms with van der Waals surface area (Å²) in [5.74, 6) is 0.340. The molecular weight excluding hydrogens is 425 g/mol. The van der Waals surface area contributed by atoms with Gasteiger partial charge in [0, 0.05) is 18.3 Å². The molecule has 0 spiro atoms. The number of methoxy groups -OCH3 is 1. The first-order valence-corrected chi connectivity index (χ1v) is 10.5. The predicted molar refractivity (Wildman–Crippen MR) is 109 cm³/mol. The van der Waals surface area contributed by atoms with Crippen molar-refractivity contribution in [2.45, 2.75) is 38.1 Å². The molecule has 0 radical (unpaired) electrons. The SMILES string of the molecule is COc1ccnc(C(=O)NC2CC3CC2[C@H](COCc2cccc(C(F)(F)F)c2)C3)c1O. The summed E-state index contributed by atoms with van der Waals surface area (Å²) >= 11 is 0. The monoisotopic (exact) mass is 450 g/mol. The zero-order valence-electron chi connectivity index (χ0n) is 17.6. The number of halogens is 3. The molecule has 2 N–H and O–H groups in total. The number of aromatic nitrogens is 1. The molecule has 2 saturated carbocycles. The van der Waals surface area contributed by atoms with E-state index in [9.17, 15) is 23.1 Å². The Balaban J connectivity index is 1.33. The summed E-state index contributed by atoms with van der Waals surface area (Å²) in [5.41, 5.74) is -0.285. The molecule has 0 aliphatic heterocycles. The third-order valence-electron chi connectivity index (χ3n) is 6.44. The van der Waals surface area contributed by atoms with E-state index in [1.807, 2.05) is 0 Å². The lowest BCUT2D eigenvalue weighted by Gasteiger charge is -2.30. The minimum atomic E-state index is -4.38. The Labute approximate surface area is 183 Å². The van der Waals surface area contributed by atoms with Gasteiger partial charge in [0.25, 0.3) is 5.91 Å². The van der Waals surface area contributed by atoms with Crippen LogP contribution in [0.1, 0.15) is 40.9 Å². The molecule has 1 heterocycles. The lowest BCUT2D eigenvalue weighted by atomic mass is 9.85. The van der Waals surface area contributed by atoms with Gasteiger partial charge in [-0.1, -0.05) is 12.1 Å². The number of benzene rings is 1. The number of nitrogens with one attached hydrogen (secondary N) is 1. The molecule has 2 bridgehead atoms. The highest BCUT2D eigenvalue weighted by Gasteiger charge is 2.46. The van der Waals surface area contributed by atoms with Crippen LogP contribution in [0.3, 0.4) is 0 Å². The number of alkyl halides is 3. The van der Waals surface area contributed by atoms with Gasteiger partial charge in [0.1, 0.15) is 0 Å². The van der Waals surface area contributed by atoms with Gasteiger partial charge in [-0.25, -0.2) is 4.98 Å². The first-order valence-electron chi connectivity index (χ1n) is 10.5. The Kier molecular flexibility index (Phi) is 6.28. The molecule has 2 aliphatic rings. The van der Waals surface area contributed by atoms with Gasteiger partial charge < -0.3 is 19.9 Å². The Morgan fingerprint density at radius 3 is 2.78 bits per heavy atom. The van der Waals surface area contributed by atoms with Crippen molar-refractivity contribution < 1.29 is 32.5 Å². The Bertz CT molecular complexity index is 982. The number of aromatic hydroxyl groups is 1. The number of hydrogen-bond donors (Lipinski definition) is 2.